The summed E-state index contributed by atoms with van der Waals surface area (Å²) in [6.07, 6.45) is -0.780. The van der Waals surface area contributed by atoms with Gasteiger partial charge in [-0.05, 0) is 46.4 Å². The second-order valence-electron chi connectivity index (χ2n) is 9.69. The average Bonchev–Trinajstić information content (AvgIpc) is 2.96. The van der Waals surface area contributed by atoms with E-state index in [0.717, 1.165) is 6.42 Å². The van der Waals surface area contributed by atoms with Gasteiger partial charge < -0.3 is 24.0 Å². The van der Waals surface area contributed by atoms with Crippen molar-refractivity contribution in [2.24, 2.45) is 5.41 Å². The fourth-order valence-electron chi connectivity index (χ4n) is 3.43. The Hall–Kier alpha value is -1.05. The number of carbonyl (C=O) groups is 1. The van der Waals surface area contributed by atoms with Crippen molar-refractivity contribution < 1.29 is 24.3 Å². The summed E-state index contributed by atoms with van der Waals surface area (Å²) in [5.41, 5.74) is 0.0980. The lowest BCUT2D eigenvalue weighted by Gasteiger charge is -2.38. The smallest absolute Gasteiger partial charge is 0.259 e. The third-order valence-corrected chi connectivity index (χ3v) is 7.15. The lowest BCUT2D eigenvalue weighted by Crippen LogP contribution is -2.45. The van der Waals surface area contributed by atoms with Crippen LogP contribution in [0.1, 0.15) is 63.2 Å². The third kappa shape index (κ3) is 6.96. The summed E-state index contributed by atoms with van der Waals surface area (Å²) in [5.74, 6) is -0.103. The summed E-state index contributed by atoms with van der Waals surface area (Å²) in [6.45, 7) is 18.8. The summed E-state index contributed by atoms with van der Waals surface area (Å²) in [4.78, 5) is 13.0. The quantitative estimate of drug-likeness (QED) is 0.505. The van der Waals surface area contributed by atoms with E-state index in [1.807, 2.05) is 0 Å². The molecule has 1 fully saturated rings. The van der Waals surface area contributed by atoms with Gasteiger partial charge in [0.25, 0.3) is 14.4 Å². The number of amides is 1. The van der Waals surface area contributed by atoms with E-state index in [1.165, 1.54) is 17.2 Å². The molecule has 2 heterocycles. The van der Waals surface area contributed by atoms with Gasteiger partial charge in [0.05, 0.1) is 12.7 Å². The second kappa shape index (κ2) is 10.7. The fourth-order valence-corrected chi connectivity index (χ4v) is 5.19. The highest BCUT2D eigenvalue weighted by Gasteiger charge is 2.49. The van der Waals surface area contributed by atoms with Gasteiger partial charge >= 0.3 is 0 Å². The van der Waals surface area contributed by atoms with Gasteiger partial charge in [-0.25, -0.2) is 9.06 Å². The molecule has 2 aliphatic rings. The van der Waals surface area contributed by atoms with E-state index in [-0.39, 0.29) is 36.1 Å². The number of hydrogen-bond acceptors (Lipinski definition) is 6. The Kier molecular flexibility index (Phi) is 8.50. The van der Waals surface area contributed by atoms with Crippen LogP contribution in [0.4, 0.5) is 4.39 Å². The van der Waals surface area contributed by atoms with E-state index >= 15 is 4.39 Å². The molecule has 1 N–H and O–H groups in total. The summed E-state index contributed by atoms with van der Waals surface area (Å²) in [5, 5.41) is 2.55. The van der Waals surface area contributed by atoms with Crippen LogP contribution in [0.15, 0.2) is 24.7 Å². The first-order valence-corrected chi connectivity index (χ1v) is 11.9. The monoisotopic (exact) mass is 460 g/mol. The highest BCUT2D eigenvalue weighted by molar-refractivity contribution is 7.44. The predicted molar refractivity (Wildman–Crippen MR) is 121 cm³/mol. The van der Waals surface area contributed by atoms with Crippen molar-refractivity contribution in [1.29, 1.82) is 0 Å². The Morgan fingerprint density at radius 3 is 2.55 bits per heavy atom. The lowest BCUT2D eigenvalue weighted by molar-refractivity contribution is -0.117. The average molecular weight is 461 g/mol. The molecular formula is C22H39FN3O4P. The number of carbonyl (C=O) groups excluding carboxylic acids is 1. The molecule has 0 radical (unpaired) electrons. The number of alkyl halides is 1. The van der Waals surface area contributed by atoms with Crippen molar-refractivity contribution in [3.05, 3.63) is 24.7 Å². The van der Waals surface area contributed by atoms with Gasteiger partial charge in [0, 0.05) is 25.7 Å². The van der Waals surface area contributed by atoms with Crippen LogP contribution in [0.3, 0.4) is 0 Å². The summed E-state index contributed by atoms with van der Waals surface area (Å²) in [7, 11) is -1.58. The van der Waals surface area contributed by atoms with E-state index in [2.05, 4.69) is 65.0 Å². The molecule has 2 unspecified atom stereocenters. The maximum Gasteiger partial charge on any atom is 0.259 e. The van der Waals surface area contributed by atoms with E-state index in [1.54, 1.807) is 0 Å². The first-order valence-electron chi connectivity index (χ1n) is 11.5. The zero-order valence-electron chi connectivity index (χ0n) is 20.8. The Balaban J connectivity index is 2.22. The lowest BCUT2D eigenvalue weighted by atomic mass is 9.93. The van der Waals surface area contributed by atoms with Crippen molar-refractivity contribution in [2.45, 2.75) is 98.5 Å². The number of halogens is 1. The predicted octanol–water partition coefficient (Wildman–Crippen LogP) is 4.67. The van der Waals surface area contributed by atoms with Crippen molar-refractivity contribution in [1.82, 2.24) is 14.9 Å². The molecule has 5 atom stereocenters. The van der Waals surface area contributed by atoms with E-state index < -0.39 is 33.1 Å². The van der Waals surface area contributed by atoms with Crippen LogP contribution >= 0.6 is 8.53 Å². The molecule has 1 saturated heterocycles. The van der Waals surface area contributed by atoms with Crippen molar-refractivity contribution >= 4 is 14.4 Å². The fraction of sp³-hybridized carbons (Fsp3) is 0.773. The molecule has 7 nitrogen and oxygen atoms in total. The molecule has 1 amide bonds. The van der Waals surface area contributed by atoms with Crippen molar-refractivity contribution in [2.75, 3.05) is 6.61 Å². The van der Waals surface area contributed by atoms with Crippen LogP contribution in [0, 0.1) is 5.41 Å². The van der Waals surface area contributed by atoms with Crippen molar-refractivity contribution in [3.63, 3.8) is 0 Å². The maximum absolute atomic E-state index is 15.7. The van der Waals surface area contributed by atoms with Gasteiger partial charge in [-0.1, -0.05) is 27.4 Å². The summed E-state index contributed by atoms with van der Waals surface area (Å²) >= 11 is 0. The van der Waals surface area contributed by atoms with Crippen LogP contribution in [-0.4, -0.2) is 58.8 Å². The van der Waals surface area contributed by atoms with Gasteiger partial charge in [0.2, 0.25) is 0 Å². The highest BCUT2D eigenvalue weighted by Crippen LogP contribution is 2.50. The zero-order valence-corrected chi connectivity index (χ0v) is 20.7. The standard InChI is InChI=1S/C22H39FN3O4P/c1-14(2)26(15(3)4)31(28-13-11-22(7,8)9)30-20-16(5)29-21(19(20)23)25-12-10-18(27)24-17(25)6/h10,12,14-16,19-21H,6,11,13H2,1-5,7-9H3,(H,24,27)/t16-,19+,20?,21-,31?/m1/s1/i5D. The largest absolute Gasteiger partial charge is 0.349 e. The normalized spacial score (nSPS) is 28.6. The molecule has 0 aromatic rings. The number of rotatable bonds is 9. The Morgan fingerprint density at radius 1 is 1.39 bits per heavy atom. The van der Waals surface area contributed by atoms with Gasteiger partial charge in [0.15, 0.2) is 12.4 Å². The number of nitrogens with zero attached hydrogens (tertiary/aromatic N) is 2. The third-order valence-electron chi connectivity index (χ3n) is 5.02. The van der Waals surface area contributed by atoms with Crippen LogP contribution in [-0.2, 0) is 18.6 Å². The highest BCUT2D eigenvalue weighted by atomic mass is 31.2. The molecule has 0 bridgehead atoms. The summed E-state index contributed by atoms with van der Waals surface area (Å²) in [6, 6.07) is 0.253. The maximum atomic E-state index is 15.7. The topological polar surface area (TPSA) is 63.3 Å². The number of ether oxygens (including phenoxy) is 1. The molecule has 0 aromatic heterocycles. The Labute approximate surface area is 189 Å². The minimum atomic E-state index is -1.58. The van der Waals surface area contributed by atoms with E-state index in [4.69, 9.17) is 15.2 Å². The van der Waals surface area contributed by atoms with Gasteiger partial charge in [-0.3, -0.25) is 4.79 Å². The Bertz CT molecular complexity index is 681. The van der Waals surface area contributed by atoms with Gasteiger partial charge in [-0.2, -0.15) is 0 Å². The molecule has 31 heavy (non-hydrogen) atoms. The molecular weight excluding hydrogens is 420 g/mol. The summed E-state index contributed by atoms with van der Waals surface area (Å²) < 4.78 is 44.0. The van der Waals surface area contributed by atoms with Crippen LogP contribution in [0.25, 0.3) is 0 Å². The molecule has 0 saturated carbocycles. The molecule has 0 aliphatic carbocycles. The molecule has 2 aliphatic heterocycles. The van der Waals surface area contributed by atoms with Crippen LogP contribution < -0.4 is 5.32 Å². The minimum absolute atomic E-state index is 0.0980. The minimum Gasteiger partial charge on any atom is -0.349 e. The number of hydrogen-bond donors (Lipinski definition) is 1. The second-order valence-corrected chi connectivity index (χ2v) is 11.1. The molecule has 178 valence electrons. The van der Waals surface area contributed by atoms with Crippen LogP contribution in [0.5, 0.6) is 0 Å². The zero-order chi connectivity index (χ0) is 24.2. The van der Waals surface area contributed by atoms with Gasteiger partial charge in [0.1, 0.15) is 11.9 Å². The Morgan fingerprint density at radius 2 is 2.03 bits per heavy atom. The van der Waals surface area contributed by atoms with Crippen molar-refractivity contribution in [3.8, 4) is 0 Å². The van der Waals surface area contributed by atoms with Gasteiger partial charge in [-0.15, -0.1) is 0 Å². The molecule has 0 spiro atoms. The molecule has 0 aromatic carbocycles. The van der Waals surface area contributed by atoms with E-state index in [9.17, 15) is 4.79 Å². The molecule has 2 rings (SSSR count). The number of nitrogens with one attached hydrogen (secondary N) is 1. The van der Waals surface area contributed by atoms with Crippen LogP contribution in [0.2, 0.25) is 0 Å². The first-order chi connectivity index (χ1) is 14.9. The van der Waals surface area contributed by atoms with E-state index in [0.29, 0.717) is 6.61 Å². The SMILES string of the molecule is [2H]C[C@H]1O[C@@H](N2C=CC(=O)NC2=C)[C@@H](F)C1OP(OCCC(C)(C)C)N(C(C)C)C(C)C. The molecule has 9 heteroatoms. The first kappa shape index (κ1) is 24.6.